The van der Waals surface area contributed by atoms with Gasteiger partial charge in [-0.05, 0) is 34.1 Å². The summed E-state index contributed by atoms with van der Waals surface area (Å²) >= 11 is 3.40. The van der Waals surface area contributed by atoms with E-state index in [1.165, 1.54) is 0 Å². The minimum Gasteiger partial charge on any atom is -0.496 e. The summed E-state index contributed by atoms with van der Waals surface area (Å²) in [5.41, 5.74) is 0.950. The number of hydrogen-bond donors (Lipinski definition) is 1. The zero-order chi connectivity index (χ0) is 13.0. The number of carboxylic acids is 1. The van der Waals surface area contributed by atoms with Crippen LogP contribution in [0.25, 0.3) is 0 Å². The molecule has 0 aliphatic rings. The fourth-order valence-corrected chi connectivity index (χ4v) is 2.02. The maximum Gasteiger partial charge on any atom is 0.308 e. The molecule has 1 unspecified atom stereocenters. The highest BCUT2D eigenvalue weighted by Gasteiger charge is 2.14. The lowest BCUT2D eigenvalue weighted by molar-refractivity contribution is -0.140. The summed E-state index contributed by atoms with van der Waals surface area (Å²) in [6.07, 6.45) is 0. The van der Waals surface area contributed by atoms with Crippen molar-refractivity contribution >= 4 is 27.6 Å². The number of hydrogen-bond acceptors (Lipinski definition) is 3. The normalized spacial score (nSPS) is 12.0. The van der Waals surface area contributed by atoms with E-state index < -0.39 is 11.9 Å². The highest BCUT2D eigenvalue weighted by atomic mass is 79.9. The first-order valence-electron chi connectivity index (χ1n) is 5.23. The Labute approximate surface area is 109 Å². The molecule has 5 heteroatoms. The highest BCUT2D eigenvalue weighted by Crippen LogP contribution is 2.29. The van der Waals surface area contributed by atoms with Crippen LogP contribution in [-0.4, -0.2) is 31.8 Å². The molecule has 1 rings (SSSR count). The first-order valence-corrected chi connectivity index (χ1v) is 6.02. The summed E-state index contributed by atoms with van der Waals surface area (Å²) in [6, 6.07) is 5.66. The standard InChI is InChI=1S/C12H16BrNO3/c1-8(12(15)16)7-14(2)9-4-5-11(17-3)10(13)6-9/h4-6,8H,7H2,1-3H3,(H,15,16). The number of aliphatic carboxylic acids is 1. The van der Waals surface area contributed by atoms with Gasteiger partial charge in [-0.25, -0.2) is 0 Å². The number of halogens is 1. The van der Waals surface area contributed by atoms with Crippen LogP contribution in [-0.2, 0) is 4.79 Å². The third-order valence-corrected chi connectivity index (χ3v) is 3.17. The van der Waals surface area contributed by atoms with Crippen molar-refractivity contribution in [2.24, 2.45) is 5.92 Å². The van der Waals surface area contributed by atoms with E-state index in [1.807, 2.05) is 30.1 Å². The van der Waals surface area contributed by atoms with E-state index in [-0.39, 0.29) is 0 Å². The van der Waals surface area contributed by atoms with E-state index in [4.69, 9.17) is 9.84 Å². The van der Waals surface area contributed by atoms with Crippen LogP contribution < -0.4 is 9.64 Å². The van der Waals surface area contributed by atoms with Crippen LogP contribution in [0.5, 0.6) is 5.75 Å². The maximum atomic E-state index is 10.8. The molecular formula is C12H16BrNO3. The molecule has 0 spiro atoms. The molecule has 17 heavy (non-hydrogen) atoms. The third kappa shape index (κ3) is 3.63. The summed E-state index contributed by atoms with van der Waals surface area (Å²) in [5.74, 6) is -0.432. The third-order valence-electron chi connectivity index (χ3n) is 2.55. The van der Waals surface area contributed by atoms with Gasteiger partial charge in [0.15, 0.2) is 0 Å². The van der Waals surface area contributed by atoms with Crippen molar-refractivity contribution in [3.8, 4) is 5.75 Å². The van der Waals surface area contributed by atoms with E-state index in [1.54, 1.807) is 14.0 Å². The summed E-state index contributed by atoms with van der Waals surface area (Å²) in [6.45, 7) is 2.16. The Bertz CT molecular complexity index is 409. The minimum atomic E-state index is -0.788. The number of carbonyl (C=O) groups is 1. The van der Waals surface area contributed by atoms with Crippen molar-refractivity contribution in [2.45, 2.75) is 6.92 Å². The molecule has 1 atom stereocenters. The van der Waals surface area contributed by atoms with Gasteiger partial charge in [-0.1, -0.05) is 6.92 Å². The number of carboxylic acid groups (broad SMARTS) is 1. The van der Waals surface area contributed by atoms with Gasteiger partial charge in [0.25, 0.3) is 0 Å². The molecule has 4 nitrogen and oxygen atoms in total. The number of methoxy groups -OCH3 is 1. The minimum absolute atomic E-state index is 0.402. The van der Waals surface area contributed by atoms with Gasteiger partial charge in [0.1, 0.15) is 5.75 Å². The molecule has 0 aliphatic carbocycles. The van der Waals surface area contributed by atoms with Crippen LogP contribution in [0, 0.1) is 5.92 Å². The molecule has 1 aromatic carbocycles. The number of ether oxygens (including phenoxy) is 1. The zero-order valence-electron chi connectivity index (χ0n) is 10.1. The molecule has 1 aromatic rings. The van der Waals surface area contributed by atoms with Gasteiger partial charge >= 0.3 is 5.97 Å². The van der Waals surface area contributed by atoms with Crippen molar-refractivity contribution in [3.05, 3.63) is 22.7 Å². The van der Waals surface area contributed by atoms with Crippen molar-refractivity contribution in [1.29, 1.82) is 0 Å². The molecular weight excluding hydrogens is 286 g/mol. The van der Waals surface area contributed by atoms with Crippen LogP contribution in [0.4, 0.5) is 5.69 Å². The predicted molar refractivity (Wildman–Crippen MR) is 70.8 cm³/mol. The second-order valence-corrected chi connectivity index (χ2v) is 4.79. The summed E-state index contributed by atoms with van der Waals surface area (Å²) in [7, 11) is 3.48. The Balaban J connectivity index is 2.79. The number of anilines is 1. The van der Waals surface area contributed by atoms with Gasteiger partial charge in [-0.15, -0.1) is 0 Å². The molecule has 0 fully saturated rings. The Hall–Kier alpha value is -1.23. The van der Waals surface area contributed by atoms with Gasteiger partial charge < -0.3 is 14.7 Å². The molecule has 0 aromatic heterocycles. The van der Waals surface area contributed by atoms with Crippen molar-refractivity contribution in [1.82, 2.24) is 0 Å². The van der Waals surface area contributed by atoms with Crippen LogP contribution in [0.15, 0.2) is 22.7 Å². The maximum absolute atomic E-state index is 10.8. The van der Waals surface area contributed by atoms with E-state index in [0.717, 1.165) is 15.9 Å². The Morgan fingerprint density at radius 1 is 1.59 bits per heavy atom. The van der Waals surface area contributed by atoms with E-state index >= 15 is 0 Å². The molecule has 0 saturated carbocycles. The zero-order valence-corrected chi connectivity index (χ0v) is 11.7. The second kappa shape index (κ2) is 5.91. The van der Waals surface area contributed by atoms with Crippen molar-refractivity contribution in [3.63, 3.8) is 0 Å². The average molecular weight is 302 g/mol. The van der Waals surface area contributed by atoms with E-state index in [9.17, 15) is 4.79 Å². The lowest BCUT2D eigenvalue weighted by atomic mass is 10.1. The largest absolute Gasteiger partial charge is 0.496 e. The molecule has 94 valence electrons. The predicted octanol–water partition coefficient (Wildman–Crippen LogP) is 2.61. The van der Waals surface area contributed by atoms with Crippen LogP contribution in [0.1, 0.15) is 6.92 Å². The number of rotatable bonds is 5. The van der Waals surface area contributed by atoms with Crippen LogP contribution in [0.3, 0.4) is 0 Å². The van der Waals surface area contributed by atoms with Crippen LogP contribution in [0.2, 0.25) is 0 Å². The monoisotopic (exact) mass is 301 g/mol. The first-order chi connectivity index (χ1) is 7.95. The highest BCUT2D eigenvalue weighted by molar-refractivity contribution is 9.10. The number of nitrogens with zero attached hydrogens (tertiary/aromatic N) is 1. The van der Waals surface area contributed by atoms with E-state index in [0.29, 0.717) is 6.54 Å². The molecule has 0 saturated heterocycles. The fourth-order valence-electron chi connectivity index (χ4n) is 1.49. The summed E-state index contributed by atoms with van der Waals surface area (Å²) in [5, 5.41) is 8.86. The van der Waals surface area contributed by atoms with Crippen molar-refractivity contribution < 1.29 is 14.6 Å². The lowest BCUT2D eigenvalue weighted by Crippen LogP contribution is -2.28. The number of benzene rings is 1. The van der Waals surface area contributed by atoms with Crippen LogP contribution >= 0.6 is 15.9 Å². The van der Waals surface area contributed by atoms with Gasteiger partial charge in [-0.2, -0.15) is 0 Å². The lowest BCUT2D eigenvalue weighted by Gasteiger charge is -2.22. The Kier molecular flexibility index (Phi) is 4.81. The molecule has 0 bridgehead atoms. The van der Waals surface area contributed by atoms with Crippen molar-refractivity contribution in [2.75, 3.05) is 25.6 Å². The van der Waals surface area contributed by atoms with Gasteiger partial charge in [0, 0.05) is 19.3 Å². The molecule has 0 amide bonds. The topological polar surface area (TPSA) is 49.8 Å². The van der Waals surface area contributed by atoms with Gasteiger partial charge in [0.2, 0.25) is 0 Å². The smallest absolute Gasteiger partial charge is 0.308 e. The van der Waals surface area contributed by atoms with E-state index in [2.05, 4.69) is 15.9 Å². The van der Waals surface area contributed by atoms with Gasteiger partial charge in [-0.3, -0.25) is 4.79 Å². The first kappa shape index (κ1) is 13.8. The molecule has 1 N–H and O–H groups in total. The average Bonchev–Trinajstić information content (AvgIpc) is 2.28. The summed E-state index contributed by atoms with van der Waals surface area (Å²) < 4.78 is 5.99. The Morgan fingerprint density at radius 2 is 2.24 bits per heavy atom. The second-order valence-electron chi connectivity index (χ2n) is 3.94. The Morgan fingerprint density at radius 3 is 2.71 bits per heavy atom. The fraction of sp³-hybridized carbons (Fsp3) is 0.417. The van der Waals surface area contributed by atoms with Gasteiger partial charge in [0.05, 0.1) is 17.5 Å². The molecule has 0 aliphatic heterocycles. The SMILES string of the molecule is COc1ccc(N(C)CC(C)C(=O)O)cc1Br. The quantitative estimate of drug-likeness (QED) is 0.908. The molecule has 0 heterocycles. The molecule has 0 radical (unpaired) electrons. The summed E-state index contributed by atoms with van der Waals surface area (Å²) in [4.78, 5) is 12.7.